The molecule has 0 amide bonds. The Morgan fingerprint density at radius 2 is 2.13 bits per heavy atom. The van der Waals surface area contributed by atoms with Crippen molar-refractivity contribution in [2.45, 2.75) is 0 Å². The van der Waals surface area contributed by atoms with Gasteiger partial charge in [-0.25, -0.2) is 0 Å². The number of pyridine rings is 1. The molecule has 5 nitrogen and oxygen atoms in total. The summed E-state index contributed by atoms with van der Waals surface area (Å²) in [6.45, 7) is 3.27. The minimum Gasteiger partial charge on any atom is -0.481 e. The lowest BCUT2D eigenvalue weighted by Crippen LogP contribution is -2.36. The number of rotatable bonds is 2. The lowest BCUT2D eigenvalue weighted by molar-refractivity contribution is 0.122. The highest BCUT2D eigenvalue weighted by Gasteiger charge is 2.12. The summed E-state index contributed by atoms with van der Waals surface area (Å²) in [7, 11) is 1.59. The molecule has 0 aliphatic carbocycles. The highest BCUT2D eigenvalue weighted by molar-refractivity contribution is 5.55. The van der Waals surface area contributed by atoms with E-state index in [0.29, 0.717) is 11.7 Å². The maximum absolute atomic E-state index is 5.69. The zero-order valence-corrected chi connectivity index (χ0v) is 8.77. The van der Waals surface area contributed by atoms with Crippen LogP contribution in [0.2, 0.25) is 0 Å². The van der Waals surface area contributed by atoms with Gasteiger partial charge < -0.3 is 20.1 Å². The van der Waals surface area contributed by atoms with Crippen LogP contribution in [0.15, 0.2) is 12.1 Å². The lowest BCUT2D eigenvalue weighted by Gasteiger charge is -2.29. The number of nitrogen functional groups attached to an aromatic ring is 1. The van der Waals surface area contributed by atoms with Crippen molar-refractivity contribution in [2.24, 2.45) is 0 Å². The predicted octanol–water partition coefficient (Wildman–Crippen LogP) is 0.509. The molecule has 0 radical (unpaired) electrons. The fraction of sp³-hybridized carbons (Fsp3) is 0.500. The molecule has 5 heteroatoms. The van der Waals surface area contributed by atoms with Gasteiger partial charge in [0.15, 0.2) is 0 Å². The standard InChI is InChI=1S/C10H15N3O2/c1-14-10-7-8(6-9(11)12-10)13-2-4-15-5-3-13/h6-7H,2-5H2,1H3,(H2,11,12). The van der Waals surface area contributed by atoms with E-state index in [0.717, 1.165) is 32.0 Å². The third-order valence-corrected chi connectivity index (χ3v) is 2.39. The minimum atomic E-state index is 0.482. The van der Waals surface area contributed by atoms with Crippen LogP contribution >= 0.6 is 0 Å². The molecule has 1 aliphatic rings. The van der Waals surface area contributed by atoms with Crippen LogP contribution in [0.5, 0.6) is 5.88 Å². The number of nitrogens with zero attached hydrogens (tertiary/aromatic N) is 2. The molecule has 2 heterocycles. The van der Waals surface area contributed by atoms with Gasteiger partial charge in [0.1, 0.15) is 5.82 Å². The quantitative estimate of drug-likeness (QED) is 0.769. The van der Waals surface area contributed by atoms with Crippen LogP contribution < -0.4 is 15.4 Å². The second-order valence-electron chi connectivity index (χ2n) is 3.39. The summed E-state index contributed by atoms with van der Waals surface area (Å²) in [5.41, 5.74) is 6.74. The summed E-state index contributed by atoms with van der Waals surface area (Å²) in [4.78, 5) is 6.26. The van der Waals surface area contributed by atoms with E-state index in [4.69, 9.17) is 15.2 Å². The molecular weight excluding hydrogens is 194 g/mol. The van der Waals surface area contributed by atoms with Gasteiger partial charge in [-0.3, -0.25) is 0 Å². The third kappa shape index (κ3) is 2.30. The van der Waals surface area contributed by atoms with Crippen molar-refractivity contribution in [1.82, 2.24) is 4.98 Å². The van der Waals surface area contributed by atoms with Crippen molar-refractivity contribution >= 4 is 11.5 Å². The van der Waals surface area contributed by atoms with Crippen LogP contribution in [0.1, 0.15) is 0 Å². The fourth-order valence-corrected chi connectivity index (χ4v) is 1.62. The molecule has 1 saturated heterocycles. The average Bonchev–Trinajstić information content (AvgIpc) is 2.29. The number of morpholine rings is 1. The van der Waals surface area contributed by atoms with Crippen LogP contribution in [-0.4, -0.2) is 38.4 Å². The van der Waals surface area contributed by atoms with Crippen LogP contribution in [-0.2, 0) is 4.74 Å². The van der Waals surface area contributed by atoms with Gasteiger partial charge in [-0.05, 0) is 0 Å². The second-order valence-corrected chi connectivity index (χ2v) is 3.39. The zero-order valence-electron chi connectivity index (χ0n) is 8.77. The summed E-state index contributed by atoms with van der Waals surface area (Å²) < 4.78 is 10.4. The topological polar surface area (TPSA) is 60.6 Å². The number of anilines is 2. The van der Waals surface area contributed by atoms with Gasteiger partial charge in [-0.2, -0.15) is 4.98 Å². The minimum absolute atomic E-state index is 0.482. The van der Waals surface area contributed by atoms with E-state index >= 15 is 0 Å². The van der Waals surface area contributed by atoms with Crippen LogP contribution in [0.3, 0.4) is 0 Å². The molecule has 0 spiro atoms. The first-order chi connectivity index (χ1) is 7.29. The SMILES string of the molecule is COc1cc(N2CCOCC2)cc(N)n1. The monoisotopic (exact) mass is 209 g/mol. The molecule has 1 aromatic heterocycles. The molecule has 0 aromatic carbocycles. The highest BCUT2D eigenvalue weighted by atomic mass is 16.5. The first kappa shape index (κ1) is 10.0. The number of methoxy groups -OCH3 is 1. The normalized spacial score (nSPS) is 16.5. The maximum Gasteiger partial charge on any atom is 0.216 e. The maximum atomic E-state index is 5.69. The highest BCUT2D eigenvalue weighted by Crippen LogP contribution is 2.22. The molecule has 1 fully saturated rings. The Morgan fingerprint density at radius 3 is 2.80 bits per heavy atom. The Bertz CT molecular complexity index is 337. The molecule has 15 heavy (non-hydrogen) atoms. The second kappa shape index (κ2) is 4.35. The van der Waals surface area contributed by atoms with Crippen molar-refractivity contribution in [2.75, 3.05) is 44.0 Å². The number of nitrogens with two attached hydrogens (primary N) is 1. The zero-order chi connectivity index (χ0) is 10.7. The molecule has 2 rings (SSSR count). The van der Waals surface area contributed by atoms with Crippen molar-refractivity contribution in [3.63, 3.8) is 0 Å². The van der Waals surface area contributed by atoms with Gasteiger partial charge in [0, 0.05) is 30.9 Å². The molecule has 0 bridgehead atoms. The van der Waals surface area contributed by atoms with Crippen molar-refractivity contribution in [3.8, 4) is 5.88 Å². The Balaban J connectivity index is 2.22. The van der Waals surface area contributed by atoms with Crippen molar-refractivity contribution in [1.29, 1.82) is 0 Å². The lowest BCUT2D eigenvalue weighted by atomic mass is 10.3. The van der Waals surface area contributed by atoms with Gasteiger partial charge in [-0.1, -0.05) is 0 Å². The smallest absolute Gasteiger partial charge is 0.216 e. The van der Waals surface area contributed by atoms with E-state index in [1.165, 1.54) is 0 Å². The van der Waals surface area contributed by atoms with E-state index < -0.39 is 0 Å². The van der Waals surface area contributed by atoms with Crippen LogP contribution in [0.25, 0.3) is 0 Å². The van der Waals surface area contributed by atoms with Gasteiger partial charge >= 0.3 is 0 Å². The molecule has 82 valence electrons. The summed E-state index contributed by atoms with van der Waals surface area (Å²) in [6.07, 6.45) is 0. The van der Waals surface area contributed by atoms with Gasteiger partial charge in [0.2, 0.25) is 5.88 Å². The molecule has 0 unspecified atom stereocenters. The van der Waals surface area contributed by atoms with Crippen LogP contribution in [0, 0.1) is 0 Å². The van der Waals surface area contributed by atoms with Crippen LogP contribution in [0.4, 0.5) is 11.5 Å². The van der Waals surface area contributed by atoms with E-state index in [9.17, 15) is 0 Å². The van der Waals surface area contributed by atoms with Gasteiger partial charge in [0.25, 0.3) is 0 Å². The number of aromatic nitrogens is 1. The van der Waals surface area contributed by atoms with Gasteiger partial charge in [0.05, 0.1) is 20.3 Å². The van der Waals surface area contributed by atoms with Crippen molar-refractivity contribution < 1.29 is 9.47 Å². The molecule has 0 atom stereocenters. The Kier molecular flexibility index (Phi) is 2.91. The largest absolute Gasteiger partial charge is 0.481 e. The molecule has 1 aromatic rings. The first-order valence-electron chi connectivity index (χ1n) is 4.94. The summed E-state index contributed by atoms with van der Waals surface area (Å²) in [5, 5.41) is 0. The number of ether oxygens (including phenoxy) is 2. The van der Waals surface area contributed by atoms with E-state index in [2.05, 4.69) is 9.88 Å². The Morgan fingerprint density at radius 1 is 1.40 bits per heavy atom. The Labute approximate surface area is 88.8 Å². The van der Waals surface area contributed by atoms with Crippen molar-refractivity contribution in [3.05, 3.63) is 12.1 Å². The van der Waals surface area contributed by atoms with E-state index in [1.54, 1.807) is 7.11 Å². The fourth-order valence-electron chi connectivity index (χ4n) is 1.62. The van der Waals surface area contributed by atoms with E-state index in [1.807, 2.05) is 12.1 Å². The molecular formula is C10H15N3O2. The number of hydrogen-bond donors (Lipinski definition) is 1. The van der Waals surface area contributed by atoms with Gasteiger partial charge in [-0.15, -0.1) is 0 Å². The van der Waals surface area contributed by atoms with E-state index in [-0.39, 0.29) is 0 Å². The predicted molar refractivity (Wildman–Crippen MR) is 58.2 cm³/mol. The molecule has 0 saturated carbocycles. The summed E-state index contributed by atoms with van der Waals surface area (Å²) >= 11 is 0. The Hall–Kier alpha value is -1.49. The summed E-state index contributed by atoms with van der Waals surface area (Å²) in [6, 6.07) is 3.75. The molecule has 1 aliphatic heterocycles. The summed E-state index contributed by atoms with van der Waals surface area (Å²) in [5.74, 6) is 1.03. The third-order valence-electron chi connectivity index (χ3n) is 2.39. The molecule has 2 N–H and O–H groups in total. The average molecular weight is 209 g/mol. The number of hydrogen-bond acceptors (Lipinski definition) is 5. The first-order valence-corrected chi connectivity index (χ1v) is 4.94.